The Labute approximate surface area is 153 Å². The number of aryl methyl sites for hydroxylation is 1. The van der Waals surface area contributed by atoms with Gasteiger partial charge in [0.2, 0.25) is 0 Å². The van der Waals surface area contributed by atoms with Gasteiger partial charge in [0.05, 0.1) is 0 Å². The zero-order chi connectivity index (χ0) is 17.9. The second kappa shape index (κ2) is 7.00. The second-order valence-electron chi connectivity index (χ2n) is 6.58. The molecule has 1 aromatic heterocycles. The van der Waals surface area contributed by atoms with E-state index in [1.165, 1.54) is 16.8 Å². The van der Waals surface area contributed by atoms with Gasteiger partial charge in [0.1, 0.15) is 11.5 Å². The third-order valence-corrected chi connectivity index (χ3v) is 4.70. The molecule has 4 heteroatoms. The molecule has 4 rings (SSSR count). The van der Waals surface area contributed by atoms with E-state index in [1.807, 2.05) is 49.4 Å². The molecule has 4 nitrogen and oxygen atoms in total. The van der Waals surface area contributed by atoms with E-state index in [0.717, 1.165) is 24.3 Å². The predicted octanol–water partition coefficient (Wildman–Crippen LogP) is 4.01. The molecule has 130 valence electrons. The van der Waals surface area contributed by atoms with Crippen molar-refractivity contribution in [1.82, 2.24) is 10.3 Å². The van der Waals surface area contributed by atoms with Crippen LogP contribution < -0.4 is 10.2 Å². The summed E-state index contributed by atoms with van der Waals surface area (Å²) in [4.78, 5) is 19.3. The lowest BCUT2D eigenvalue weighted by atomic mass is 10.1. The van der Waals surface area contributed by atoms with E-state index in [1.54, 1.807) is 6.07 Å². The van der Waals surface area contributed by atoms with Crippen LogP contribution in [0.25, 0.3) is 0 Å². The molecule has 1 aliphatic rings. The molecule has 0 atom stereocenters. The first-order valence-electron chi connectivity index (χ1n) is 8.87. The number of nitrogens with one attached hydrogen (secondary N) is 1. The van der Waals surface area contributed by atoms with Crippen molar-refractivity contribution in [3.63, 3.8) is 0 Å². The third-order valence-electron chi connectivity index (χ3n) is 4.70. The van der Waals surface area contributed by atoms with Crippen LogP contribution >= 0.6 is 0 Å². The predicted molar refractivity (Wildman–Crippen MR) is 104 cm³/mol. The summed E-state index contributed by atoms with van der Waals surface area (Å²) in [6.07, 6.45) is 1.00. The lowest BCUT2D eigenvalue weighted by Gasteiger charge is -2.18. The van der Waals surface area contributed by atoms with Crippen LogP contribution in [0, 0.1) is 6.92 Å². The number of nitrogens with zero attached hydrogens (tertiary/aromatic N) is 2. The number of anilines is 2. The molecule has 1 aliphatic heterocycles. The molecule has 0 unspecified atom stereocenters. The molecule has 0 saturated heterocycles. The first-order valence-corrected chi connectivity index (χ1v) is 8.87. The van der Waals surface area contributed by atoms with Crippen molar-refractivity contribution in [1.29, 1.82) is 0 Å². The van der Waals surface area contributed by atoms with Crippen LogP contribution in [0.2, 0.25) is 0 Å². The highest BCUT2D eigenvalue weighted by Gasteiger charge is 2.21. The monoisotopic (exact) mass is 343 g/mol. The van der Waals surface area contributed by atoms with Crippen LogP contribution in [0.15, 0.2) is 66.7 Å². The van der Waals surface area contributed by atoms with Gasteiger partial charge in [0.25, 0.3) is 5.91 Å². The fourth-order valence-electron chi connectivity index (χ4n) is 3.26. The summed E-state index contributed by atoms with van der Waals surface area (Å²) in [5.74, 6) is 0.665. The Morgan fingerprint density at radius 3 is 2.69 bits per heavy atom. The molecule has 3 aromatic rings. The van der Waals surface area contributed by atoms with Gasteiger partial charge in [-0.2, -0.15) is 0 Å². The average Bonchev–Trinajstić information content (AvgIpc) is 3.11. The number of rotatable bonds is 4. The molecule has 1 amide bonds. The Bertz CT molecular complexity index is 934. The Morgan fingerprint density at radius 1 is 1.04 bits per heavy atom. The van der Waals surface area contributed by atoms with E-state index in [9.17, 15) is 4.79 Å². The van der Waals surface area contributed by atoms with Gasteiger partial charge in [-0.3, -0.25) is 4.79 Å². The van der Waals surface area contributed by atoms with Gasteiger partial charge in [-0.15, -0.1) is 0 Å². The van der Waals surface area contributed by atoms with Crippen LogP contribution in [0.1, 0.15) is 27.2 Å². The van der Waals surface area contributed by atoms with Gasteiger partial charge < -0.3 is 10.2 Å². The molecule has 0 fully saturated rings. The average molecular weight is 343 g/mol. The highest BCUT2D eigenvalue weighted by Crippen LogP contribution is 2.33. The second-order valence-corrected chi connectivity index (χ2v) is 6.58. The number of fused-ring (bicyclic) bond motifs is 1. The quantitative estimate of drug-likeness (QED) is 0.778. The van der Waals surface area contributed by atoms with Gasteiger partial charge in [0, 0.05) is 18.8 Å². The summed E-state index contributed by atoms with van der Waals surface area (Å²) in [6, 6.07) is 22.1. The topological polar surface area (TPSA) is 45.2 Å². The number of pyridine rings is 1. The Balaban J connectivity index is 1.49. The minimum atomic E-state index is -0.153. The van der Waals surface area contributed by atoms with Crippen molar-refractivity contribution >= 4 is 17.4 Å². The molecule has 26 heavy (non-hydrogen) atoms. The van der Waals surface area contributed by atoms with Gasteiger partial charge >= 0.3 is 0 Å². The highest BCUT2D eigenvalue weighted by molar-refractivity contribution is 5.92. The maximum atomic E-state index is 12.5. The fraction of sp³-hybridized carbons (Fsp3) is 0.182. The summed E-state index contributed by atoms with van der Waals surface area (Å²) in [6.45, 7) is 3.44. The Hall–Kier alpha value is -3.14. The number of benzene rings is 2. The van der Waals surface area contributed by atoms with Crippen LogP contribution in [0.5, 0.6) is 0 Å². The van der Waals surface area contributed by atoms with Crippen LogP contribution in [-0.4, -0.2) is 17.4 Å². The van der Waals surface area contributed by atoms with Crippen LogP contribution in [0.4, 0.5) is 11.5 Å². The zero-order valence-corrected chi connectivity index (χ0v) is 14.8. The summed E-state index contributed by atoms with van der Waals surface area (Å²) in [7, 11) is 0. The van der Waals surface area contributed by atoms with Crippen molar-refractivity contribution in [3.8, 4) is 0 Å². The fourth-order valence-corrected chi connectivity index (χ4v) is 3.26. The molecular formula is C22H21N3O. The smallest absolute Gasteiger partial charge is 0.270 e. The molecule has 0 aliphatic carbocycles. The maximum Gasteiger partial charge on any atom is 0.270 e. The van der Waals surface area contributed by atoms with Gasteiger partial charge in [-0.05, 0) is 42.7 Å². The van der Waals surface area contributed by atoms with Gasteiger partial charge in [0.15, 0.2) is 0 Å². The number of aromatic nitrogens is 1. The first kappa shape index (κ1) is 16.3. The van der Waals surface area contributed by atoms with E-state index >= 15 is 0 Å². The van der Waals surface area contributed by atoms with Crippen molar-refractivity contribution in [3.05, 3.63) is 89.1 Å². The number of amides is 1. The largest absolute Gasteiger partial charge is 0.347 e. The molecule has 0 spiro atoms. The molecule has 2 aromatic carbocycles. The lowest BCUT2D eigenvalue weighted by Crippen LogP contribution is -2.25. The zero-order valence-electron chi connectivity index (χ0n) is 14.8. The molecule has 2 heterocycles. The number of carbonyl (C=O) groups is 1. The number of carbonyl (C=O) groups excluding carboxylic acids is 1. The Morgan fingerprint density at radius 2 is 1.85 bits per heavy atom. The summed E-state index contributed by atoms with van der Waals surface area (Å²) in [5, 5.41) is 2.95. The van der Waals surface area contributed by atoms with E-state index in [-0.39, 0.29) is 5.91 Å². The molecule has 1 N–H and O–H groups in total. The van der Waals surface area contributed by atoms with E-state index < -0.39 is 0 Å². The van der Waals surface area contributed by atoms with Crippen molar-refractivity contribution < 1.29 is 4.79 Å². The SMILES string of the molecule is Cc1ccc(CNC(=O)c2cccc(N3CCc4ccccc43)n2)cc1. The number of para-hydroxylation sites is 1. The van der Waals surface area contributed by atoms with Crippen molar-refractivity contribution in [2.75, 3.05) is 11.4 Å². The minimum Gasteiger partial charge on any atom is -0.347 e. The summed E-state index contributed by atoms with van der Waals surface area (Å²) in [5.41, 5.74) is 5.23. The third kappa shape index (κ3) is 3.31. The molecular weight excluding hydrogens is 322 g/mol. The van der Waals surface area contributed by atoms with Gasteiger partial charge in [-0.25, -0.2) is 4.98 Å². The van der Waals surface area contributed by atoms with Crippen LogP contribution in [0.3, 0.4) is 0 Å². The molecule has 0 saturated carbocycles. The summed E-state index contributed by atoms with van der Waals surface area (Å²) < 4.78 is 0. The lowest BCUT2D eigenvalue weighted by molar-refractivity contribution is 0.0946. The Kier molecular flexibility index (Phi) is 4.40. The standard InChI is InChI=1S/C22H21N3O/c1-16-9-11-17(12-10-16)15-23-22(26)19-6-4-8-21(24-19)25-14-13-18-5-2-3-7-20(18)25/h2-12H,13-15H2,1H3,(H,23,26). The molecule has 0 radical (unpaired) electrons. The number of hydrogen-bond donors (Lipinski definition) is 1. The molecule has 0 bridgehead atoms. The highest BCUT2D eigenvalue weighted by atomic mass is 16.1. The normalized spacial score (nSPS) is 12.7. The number of hydrogen-bond acceptors (Lipinski definition) is 3. The van der Waals surface area contributed by atoms with E-state index in [4.69, 9.17) is 0 Å². The first-order chi connectivity index (χ1) is 12.7. The van der Waals surface area contributed by atoms with Crippen molar-refractivity contribution in [2.24, 2.45) is 0 Å². The van der Waals surface area contributed by atoms with E-state index in [2.05, 4.69) is 33.4 Å². The van der Waals surface area contributed by atoms with Crippen LogP contribution in [-0.2, 0) is 13.0 Å². The van der Waals surface area contributed by atoms with Crippen molar-refractivity contribution in [2.45, 2.75) is 19.9 Å². The summed E-state index contributed by atoms with van der Waals surface area (Å²) >= 11 is 0. The van der Waals surface area contributed by atoms with Gasteiger partial charge in [-0.1, -0.05) is 54.1 Å². The minimum absolute atomic E-state index is 0.153. The van der Waals surface area contributed by atoms with E-state index in [0.29, 0.717) is 12.2 Å². The maximum absolute atomic E-state index is 12.5.